The molecule has 0 saturated heterocycles. The molecule has 6 heavy (non-hydrogen) atoms. The van der Waals surface area contributed by atoms with Gasteiger partial charge in [0.15, 0.2) is 0 Å². The SMILES string of the molecule is CC1=NC[C]S1. The summed E-state index contributed by atoms with van der Waals surface area (Å²) in [5, 5.41) is 1.13. The largest absolute Gasteiger partial charge is 0.282 e. The third kappa shape index (κ3) is 0.744. The van der Waals surface area contributed by atoms with Gasteiger partial charge in [0.05, 0.1) is 17.3 Å². The molecule has 2 radical (unpaired) electrons. The molecule has 0 fully saturated rings. The predicted octanol–water partition coefficient (Wildman–Crippen LogP) is 1.19. The Balaban J connectivity index is 2.45. The molecule has 0 amide bonds. The van der Waals surface area contributed by atoms with Crippen molar-refractivity contribution in [2.75, 3.05) is 6.54 Å². The van der Waals surface area contributed by atoms with Crippen LogP contribution in [-0.2, 0) is 0 Å². The Morgan fingerprint density at radius 1 is 2.00 bits per heavy atom. The van der Waals surface area contributed by atoms with Crippen molar-refractivity contribution < 1.29 is 0 Å². The van der Waals surface area contributed by atoms with Crippen LogP contribution >= 0.6 is 11.8 Å². The molecule has 1 aliphatic rings. The third-order valence-corrected chi connectivity index (χ3v) is 1.28. The summed E-state index contributed by atoms with van der Waals surface area (Å²) in [5.74, 6) is 2.98. The molecule has 0 aromatic carbocycles. The fourth-order valence-electron chi connectivity index (χ4n) is 0.313. The fraction of sp³-hybridized carbons (Fsp3) is 0.500. The van der Waals surface area contributed by atoms with Gasteiger partial charge in [-0.1, -0.05) is 11.8 Å². The van der Waals surface area contributed by atoms with Crippen LogP contribution in [0.5, 0.6) is 0 Å². The highest BCUT2D eigenvalue weighted by Crippen LogP contribution is 2.14. The van der Waals surface area contributed by atoms with E-state index < -0.39 is 0 Å². The minimum absolute atomic E-state index is 0.788. The fourth-order valence-corrected chi connectivity index (χ4v) is 0.780. The van der Waals surface area contributed by atoms with Crippen molar-refractivity contribution in [1.82, 2.24) is 0 Å². The lowest BCUT2D eigenvalue weighted by molar-refractivity contribution is 1.25. The molecule has 0 bridgehead atoms. The Morgan fingerprint density at radius 3 is 3.00 bits per heavy atom. The number of thioether (sulfide) groups is 1. The molecular formula is C4H5NS. The van der Waals surface area contributed by atoms with Gasteiger partial charge in [-0.3, -0.25) is 4.99 Å². The van der Waals surface area contributed by atoms with Gasteiger partial charge in [-0.25, -0.2) is 0 Å². The van der Waals surface area contributed by atoms with Gasteiger partial charge in [-0.05, 0) is 6.92 Å². The van der Waals surface area contributed by atoms with E-state index in [1.807, 2.05) is 6.92 Å². The van der Waals surface area contributed by atoms with Gasteiger partial charge >= 0.3 is 0 Å². The van der Waals surface area contributed by atoms with E-state index >= 15 is 0 Å². The molecule has 0 aromatic heterocycles. The van der Waals surface area contributed by atoms with E-state index in [9.17, 15) is 0 Å². The summed E-state index contributed by atoms with van der Waals surface area (Å²) in [6.07, 6.45) is 0. The maximum absolute atomic E-state index is 4.00. The number of hydrogen-bond donors (Lipinski definition) is 0. The Hall–Kier alpha value is 0.0200. The minimum Gasteiger partial charge on any atom is -0.282 e. The molecular weight excluding hydrogens is 94.1 g/mol. The zero-order chi connectivity index (χ0) is 4.41. The first-order valence-electron chi connectivity index (χ1n) is 1.80. The molecule has 0 aliphatic carbocycles. The van der Waals surface area contributed by atoms with Crippen LogP contribution in [0.3, 0.4) is 0 Å². The van der Waals surface area contributed by atoms with Crippen LogP contribution < -0.4 is 0 Å². The van der Waals surface area contributed by atoms with Gasteiger partial charge in [0, 0.05) is 0 Å². The van der Waals surface area contributed by atoms with Crippen molar-refractivity contribution in [3.8, 4) is 0 Å². The summed E-state index contributed by atoms with van der Waals surface area (Å²) < 4.78 is 0. The first-order valence-corrected chi connectivity index (χ1v) is 2.62. The second kappa shape index (κ2) is 1.65. The molecule has 32 valence electrons. The number of nitrogens with zero attached hydrogens (tertiary/aromatic N) is 1. The summed E-state index contributed by atoms with van der Waals surface area (Å²) in [6, 6.07) is 0. The Kier molecular flexibility index (Phi) is 1.15. The van der Waals surface area contributed by atoms with Crippen LogP contribution in [-0.4, -0.2) is 11.6 Å². The van der Waals surface area contributed by atoms with Crippen molar-refractivity contribution >= 4 is 16.8 Å². The molecule has 1 nitrogen and oxygen atoms in total. The molecule has 1 aliphatic heterocycles. The van der Waals surface area contributed by atoms with E-state index in [1.165, 1.54) is 0 Å². The molecule has 0 atom stereocenters. The van der Waals surface area contributed by atoms with E-state index in [0.717, 1.165) is 11.6 Å². The Bertz CT molecular complexity index is 77.6. The topological polar surface area (TPSA) is 12.4 Å². The van der Waals surface area contributed by atoms with Crippen molar-refractivity contribution in [3.63, 3.8) is 0 Å². The number of aliphatic imine (C=N–C) groups is 1. The summed E-state index contributed by atoms with van der Waals surface area (Å²) in [6.45, 7) is 2.78. The third-order valence-electron chi connectivity index (χ3n) is 0.586. The van der Waals surface area contributed by atoms with E-state index in [2.05, 4.69) is 10.7 Å². The standard InChI is InChI=1S/C4H5NS/c1-4-5-2-3-6-4/h2H2,1H3. The van der Waals surface area contributed by atoms with Crippen LogP contribution in [0.25, 0.3) is 0 Å². The van der Waals surface area contributed by atoms with Crippen LogP contribution in [0, 0.1) is 5.75 Å². The minimum atomic E-state index is 0.788. The first kappa shape index (κ1) is 4.19. The van der Waals surface area contributed by atoms with E-state index in [4.69, 9.17) is 0 Å². The van der Waals surface area contributed by atoms with Gasteiger partial charge in [0.25, 0.3) is 0 Å². The quantitative estimate of drug-likeness (QED) is 0.444. The predicted molar refractivity (Wildman–Crippen MR) is 28.8 cm³/mol. The molecule has 1 rings (SSSR count). The molecule has 0 unspecified atom stereocenters. The zero-order valence-electron chi connectivity index (χ0n) is 3.56. The highest BCUT2D eigenvalue weighted by Gasteiger charge is 1.98. The number of rotatable bonds is 0. The van der Waals surface area contributed by atoms with Crippen molar-refractivity contribution in [2.24, 2.45) is 4.99 Å². The normalized spacial score (nSPS) is 21.2. The molecule has 2 heteroatoms. The van der Waals surface area contributed by atoms with Gasteiger partial charge in [-0.15, -0.1) is 0 Å². The summed E-state index contributed by atoms with van der Waals surface area (Å²) in [5.41, 5.74) is 0. The smallest absolute Gasteiger partial charge is 0.0779 e. The molecule has 0 spiro atoms. The zero-order valence-corrected chi connectivity index (χ0v) is 4.38. The van der Waals surface area contributed by atoms with Crippen LogP contribution in [0.1, 0.15) is 6.92 Å². The average molecular weight is 99.2 g/mol. The lowest BCUT2D eigenvalue weighted by atomic mass is 10.8. The summed E-state index contributed by atoms with van der Waals surface area (Å²) >= 11 is 1.60. The lowest BCUT2D eigenvalue weighted by Crippen LogP contribution is -1.68. The first-order chi connectivity index (χ1) is 2.89. The van der Waals surface area contributed by atoms with E-state index in [1.54, 1.807) is 11.8 Å². The van der Waals surface area contributed by atoms with E-state index in [-0.39, 0.29) is 0 Å². The van der Waals surface area contributed by atoms with Crippen LogP contribution in [0.15, 0.2) is 4.99 Å². The summed E-state index contributed by atoms with van der Waals surface area (Å²) in [7, 11) is 0. The highest BCUT2D eigenvalue weighted by atomic mass is 32.2. The van der Waals surface area contributed by atoms with Crippen LogP contribution in [0.4, 0.5) is 0 Å². The monoisotopic (exact) mass is 99.0 g/mol. The molecule has 0 aromatic rings. The highest BCUT2D eigenvalue weighted by molar-refractivity contribution is 8.15. The van der Waals surface area contributed by atoms with Crippen molar-refractivity contribution in [1.29, 1.82) is 0 Å². The Morgan fingerprint density at radius 2 is 2.83 bits per heavy atom. The lowest BCUT2D eigenvalue weighted by Gasteiger charge is -1.75. The molecule has 0 saturated carbocycles. The molecule has 0 N–H and O–H groups in total. The van der Waals surface area contributed by atoms with Crippen molar-refractivity contribution in [3.05, 3.63) is 5.75 Å². The summed E-state index contributed by atoms with van der Waals surface area (Å²) in [4.78, 5) is 4.00. The Labute approximate surface area is 41.8 Å². The van der Waals surface area contributed by atoms with E-state index in [0.29, 0.717) is 0 Å². The van der Waals surface area contributed by atoms with Gasteiger partial charge in [0.1, 0.15) is 0 Å². The maximum Gasteiger partial charge on any atom is 0.0779 e. The van der Waals surface area contributed by atoms with Gasteiger partial charge in [-0.2, -0.15) is 0 Å². The average Bonchev–Trinajstić information content (AvgIpc) is 1.86. The second-order valence-electron chi connectivity index (χ2n) is 1.08. The van der Waals surface area contributed by atoms with Crippen molar-refractivity contribution in [2.45, 2.75) is 6.92 Å². The van der Waals surface area contributed by atoms with Gasteiger partial charge in [0.2, 0.25) is 0 Å². The maximum atomic E-state index is 4.00. The number of hydrogen-bond acceptors (Lipinski definition) is 2. The second-order valence-corrected chi connectivity index (χ2v) is 2.17. The molecule has 1 heterocycles. The van der Waals surface area contributed by atoms with Gasteiger partial charge < -0.3 is 0 Å². The van der Waals surface area contributed by atoms with Crippen LogP contribution in [0.2, 0.25) is 0 Å².